The largest absolute Gasteiger partial charge is 0.467 e. The summed E-state index contributed by atoms with van der Waals surface area (Å²) in [6.45, 7) is 0.0918. The number of carbonyl (C=O) groups excluding carboxylic acids is 1. The third-order valence-corrected chi connectivity index (χ3v) is 4.02. The quantitative estimate of drug-likeness (QED) is 0.577. The van der Waals surface area contributed by atoms with Crippen molar-refractivity contribution in [2.24, 2.45) is 0 Å². The molecular weight excluding hydrogens is 373 g/mol. The number of halogens is 3. The lowest BCUT2D eigenvalue weighted by Gasteiger charge is -2.10. The highest BCUT2D eigenvalue weighted by atomic mass is 19.4. The molecule has 4 aromatic rings. The number of fused-ring (bicyclic) bond motifs is 1. The van der Waals surface area contributed by atoms with E-state index < -0.39 is 17.8 Å². The van der Waals surface area contributed by atoms with Crippen LogP contribution in [0.25, 0.3) is 16.9 Å². The first-order valence-corrected chi connectivity index (χ1v) is 8.26. The molecule has 0 aliphatic carbocycles. The molecule has 0 aliphatic rings. The van der Waals surface area contributed by atoms with Gasteiger partial charge in [-0.15, -0.1) is 0 Å². The van der Waals surface area contributed by atoms with Crippen LogP contribution in [0.2, 0.25) is 0 Å². The van der Waals surface area contributed by atoms with Crippen molar-refractivity contribution in [3.63, 3.8) is 0 Å². The van der Waals surface area contributed by atoms with E-state index >= 15 is 0 Å². The minimum absolute atomic E-state index is 0.0724. The summed E-state index contributed by atoms with van der Waals surface area (Å²) in [4.78, 5) is 16.5. The first kappa shape index (κ1) is 17.8. The van der Waals surface area contributed by atoms with Gasteiger partial charge in [-0.3, -0.25) is 4.79 Å². The Morgan fingerprint density at radius 3 is 2.57 bits per heavy atom. The maximum atomic E-state index is 13.6. The van der Waals surface area contributed by atoms with E-state index in [1.807, 2.05) is 0 Å². The van der Waals surface area contributed by atoms with Crippen LogP contribution in [-0.4, -0.2) is 20.5 Å². The Balaban J connectivity index is 1.74. The molecule has 0 atom stereocenters. The molecule has 1 aromatic carbocycles. The fourth-order valence-electron chi connectivity index (χ4n) is 2.72. The zero-order valence-corrected chi connectivity index (χ0v) is 14.3. The van der Waals surface area contributed by atoms with Crippen molar-refractivity contribution in [1.29, 1.82) is 0 Å². The summed E-state index contributed by atoms with van der Waals surface area (Å²) in [5.74, 6) is -0.117. The van der Waals surface area contributed by atoms with E-state index in [2.05, 4.69) is 15.4 Å². The third-order valence-electron chi connectivity index (χ3n) is 4.02. The lowest BCUT2D eigenvalue weighted by molar-refractivity contribution is -0.142. The summed E-state index contributed by atoms with van der Waals surface area (Å²) in [5.41, 5.74) is -0.587. The maximum Gasteiger partial charge on any atom is 0.433 e. The summed E-state index contributed by atoms with van der Waals surface area (Å²) in [7, 11) is 0. The Morgan fingerprint density at radius 2 is 1.89 bits per heavy atom. The molecule has 0 saturated carbocycles. The highest BCUT2D eigenvalue weighted by Gasteiger charge is 2.35. The SMILES string of the molecule is O=C(NCc1ccco1)c1cc2nc(-c3ccccc3)cc(C(F)(F)F)n2n1. The zero-order chi connectivity index (χ0) is 19.7. The molecule has 1 N–H and O–H groups in total. The number of hydrogen-bond donors (Lipinski definition) is 1. The molecule has 4 rings (SSSR count). The van der Waals surface area contributed by atoms with Crippen molar-refractivity contribution in [1.82, 2.24) is 19.9 Å². The van der Waals surface area contributed by atoms with E-state index in [1.165, 1.54) is 12.3 Å². The normalized spacial score (nSPS) is 11.7. The molecule has 0 radical (unpaired) electrons. The van der Waals surface area contributed by atoms with Crippen LogP contribution in [0.3, 0.4) is 0 Å². The monoisotopic (exact) mass is 386 g/mol. The summed E-state index contributed by atoms with van der Waals surface area (Å²) in [5, 5.41) is 6.35. The third kappa shape index (κ3) is 3.46. The molecule has 3 aromatic heterocycles. The molecule has 142 valence electrons. The van der Waals surface area contributed by atoms with Gasteiger partial charge in [0.1, 0.15) is 5.76 Å². The van der Waals surface area contributed by atoms with E-state index in [0.29, 0.717) is 15.8 Å². The highest BCUT2D eigenvalue weighted by Crippen LogP contribution is 2.32. The lowest BCUT2D eigenvalue weighted by atomic mass is 10.1. The number of hydrogen-bond acceptors (Lipinski definition) is 4. The number of benzene rings is 1. The van der Waals surface area contributed by atoms with Crippen LogP contribution in [0.5, 0.6) is 0 Å². The van der Waals surface area contributed by atoms with Crippen molar-refractivity contribution in [3.05, 3.63) is 78.0 Å². The average Bonchev–Trinajstić information content (AvgIpc) is 3.34. The van der Waals surface area contributed by atoms with E-state index in [4.69, 9.17) is 4.42 Å². The van der Waals surface area contributed by atoms with Crippen molar-refractivity contribution in [2.75, 3.05) is 0 Å². The Hall–Kier alpha value is -3.62. The Morgan fingerprint density at radius 1 is 1.11 bits per heavy atom. The van der Waals surface area contributed by atoms with Crippen molar-refractivity contribution in [2.45, 2.75) is 12.7 Å². The summed E-state index contributed by atoms with van der Waals surface area (Å²) < 4.78 is 46.4. The molecule has 0 aliphatic heterocycles. The lowest BCUT2D eigenvalue weighted by Crippen LogP contribution is -2.23. The highest BCUT2D eigenvalue weighted by molar-refractivity contribution is 5.93. The number of rotatable bonds is 4. The number of aromatic nitrogens is 3. The van der Waals surface area contributed by atoms with Gasteiger partial charge in [0.2, 0.25) is 0 Å². The van der Waals surface area contributed by atoms with Crippen LogP contribution >= 0.6 is 0 Å². The van der Waals surface area contributed by atoms with Crippen LogP contribution < -0.4 is 5.32 Å². The molecule has 0 saturated heterocycles. The minimum Gasteiger partial charge on any atom is -0.467 e. The van der Waals surface area contributed by atoms with Gasteiger partial charge in [-0.1, -0.05) is 30.3 Å². The number of nitrogens with zero attached hydrogens (tertiary/aromatic N) is 3. The zero-order valence-electron chi connectivity index (χ0n) is 14.3. The van der Waals surface area contributed by atoms with Crippen molar-refractivity contribution in [3.8, 4) is 11.3 Å². The summed E-state index contributed by atoms with van der Waals surface area (Å²) in [6, 6.07) is 14.0. The molecule has 3 heterocycles. The molecule has 28 heavy (non-hydrogen) atoms. The van der Waals surface area contributed by atoms with Gasteiger partial charge in [-0.05, 0) is 18.2 Å². The molecule has 0 bridgehead atoms. The fourth-order valence-corrected chi connectivity index (χ4v) is 2.72. The second kappa shape index (κ2) is 6.84. The number of furan rings is 1. The van der Waals surface area contributed by atoms with Crippen molar-refractivity contribution < 1.29 is 22.4 Å². The molecular formula is C19H13F3N4O2. The van der Waals surface area contributed by atoms with E-state index in [1.54, 1.807) is 42.5 Å². The van der Waals surface area contributed by atoms with Crippen LogP contribution in [0.4, 0.5) is 13.2 Å². The molecule has 6 nitrogen and oxygen atoms in total. The maximum absolute atomic E-state index is 13.6. The Labute approximate surface area is 156 Å². The molecule has 0 unspecified atom stereocenters. The second-order valence-corrected chi connectivity index (χ2v) is 5.95. The van der Waals surface area contributed by atoms with Gasteiger partial charge in [0.05, 0.1) is 18.5 Å². The summed E-state index contributed by atoms with van der Waals surface area (Å²) >= 11 is 0. The van der Waals surface area contributed by atoms with Gasteiger partial charge < -0.3 is 9.73 Å². The minimum atomic E-state index is -4.67. The van der Waals surface area contributed by atoms with Gasteiger partial charge in [0, 0.05) is 11.6 Å². The number of amides is 1. The average molecular weight is 386 g/mol. The smallest absolute Gasteiger partial charge is 0.433 e. The summed E-state index contributed by atoms with van der Waals surface area (Å²) in [6.07, 6.45) is -3.21. The topological polar surface area (TPSA) is 72.4 Å². The predicted molar refractivity (Wildman–Crippen MR) is 93.3 cm³/mol. The number of alkyl halides is 3. The van der Waals surface area contributed by atoms with Gasteiger partial charge in [-0.2, -0.15) is 18.3 Å². The van der Waals surface area contributed by atoms with Crippen molar-refractivity contribution >= 4 is 11.6 Å². The first-order chi connectivity index (χ1) is 13.4. The Kier molecular flexibility index (Phi) is 4.34. The van der Waals surface area contributed by atoms with Gasteiger partial charge in [0.25, 0.3) is 5.91 Å². The van der Waals surface area contributed by atoms with Crippen LogP contribution in [0.1, 0.15) is 21.9 Å². The number of carbonyl (C=O) groups is 1. The molecule has 1 amide bonds. The second-order valence-electron chi connectivity index (χ2n) is 5.95. The number of nitrogens with one attached hydrogen (secondary N) is 1. The first-order valence-electron chi connectivity index (χ1n) is 8.26. The molecule has 0 fully saturated rings. The van der Waals surface area contributed by atoms with E-state index in [0.717, 1.165) is 6.07 Å². The van der Waals surface area contributed by atoms with Gasteiger partial charge in [-0.25, -0.2) is 9.50 Å². The molecule has 9 heteroatoms. The van der Waals surface area contributed by atoms with E-state index in [-0.39, 0.29) is 23.6 Å². The van der Waals surface area contributed by atoms with E-state index in [9.17, 15) is 18.0 Å². The van der Waals surface area contributed by atoms with Gasteiger partial charge >= 0.3 is 6.18 Å². The Bertz CT molecular complexity index is 1120. The van der Waals surface area contributed by atoms with Crippen LogP contribution in [0, 0.1) is 0 Å². The standard InChI is InChI=1S/C19H13F3N4O2/c20-19(21,22)16-9-14(12-5-2-1-3-6-12)24-17-10-15(25-26(16)17)18(27)23-11-13-7-4-8-28-13/h1-10H,11H2,(H,23,27). The predicted octanol–water partition coefficient (Wildman–Crippen LogP) is 3.94. The molecule has 0 spiro atoms. The van der Waals surface area contributed by atoms with Crippen LogP contribution in [0.15, 0.2) is 65.3 Å². The van der Waals surface area contributed by atoms with Crippen LogP contribution in [-0.2, 0) is 12.7 Å². The van der Waals surface area contributed by atoms with Gasteiger partial charge in [0.15, 0.2) is 17.0 Å². The fraction of sp³-hybridized carbons (Fsp3) is 0.105.